The molecule has 1 fully saturated rings. The number of unbranched alkanes of at least 4 members (excludes halogenated alkanes) is 1. The molecule has 0 radical (unpaired) electrons. The molecule has 176 valence electrons. The molecular formula is C27H34N2O4. The van der Waals surface area contributed by atoms with E-state index in [1.54, 1.807) is 4.90 Å². The van der Waals surface area contributed by atoms with Gasteiger partial charge in [-0.25, -0.2) is 0 Å². The maximum absolute atomic E-state index is 13.1. The van der Waals surface area contributed by atoms with Crippen LogP contribution in [0.2, 0.25) is 0 Å². The lowest BCUT2D eigenvalue weighted by molar-refractivity contribution is -0.140. The van der Waals surface area contributed by atoms with E-state index in [0.29, 0.717) is 25.3 Å². The molecule has 0 bridgehead atoms. The summed E-state index contributed by atoms with van der Waals surface area (Å²) in [6.45, 7) is 7.55. The van der Waals surface area contributed by atoms with Crippen LogP contribution >= 0.6 is 0 Å². The van der Waals surface area contributed by atoms with Crippen molar-refractivity contribution in [2.75, 3.05) is 33.8 Å². The Balaban J connectivity index is 2.07. The zero-order chi connectivity index (χ0) is 24.1. The molecule has 1 aliphatic rings. The first-order valence-electron chi connectivity index (χ1n) is 11.5. The number of likely N-dealkylation sites (N-methyl/N-ethyl adjacent to an activating group) is 1. The van der Waals surface area contributed by atoms with Crippen molar-refractivity contribution in [3.05, 3.63) is 70.3 Å². The molecule has 6 heteroatoms. The minimum absolute atomic E-state index is 0.129. The fourth-order valence-corrected chi connectivity index (χ4v) is 3.98. The van der Waals surface area contributed by atoms with Crippen LogP contribution in [0.15, 0.2) is 48.0 Å². The van der Waals surface area contributed by atoms with Gasteiger partial charge in [-0.1, -0.05) is 43.2 Å². The van der Waals surface area contributed by atoms with Crippen molar-refractivity contribution in [1.29, 1.82) is 0 Å². The van der Waals surface area contributed by atoms with Crippen molar-refractivity contribution >= 4 is 17.4 Å². The highest BCUT2D eigenvalue weighted by atomic mass is 16.5. The van der Waals surface area contributed by atoms with Crippen molar-refractivity contribution < 1.29 is 19.4 Å². The van der Waals surface area contributed by atoms with Crippen LogP contribution in [-0.2, 0) is 9.59 Å². The average molecular weight is 451 g/mol. The quantitative estimate of drug-likeness (QED) is 0.264. The van der Waals surface area contributed by atoms with Crippen LogP contribution < -0.4 is 4.74 Å². The average Bonchev–Trinajstić information content (AvgIpc) is 3.04. The van der Waals surface area contributed by atoms with E-state index in [0.717, 1.165) is 35.3 Å². The van der Waals surface area contributed by atoms with Gasteiger partial charge in [-0.05, 0) is 63.7 Å². The third kappa shape index (κ3) is 5.45. The first kappa shape index (κ1) is 24.5. The number of aliphatic hydroxyl groups excluding tert-OH is 1. The van der Waals surface area contributed by atoms with E-state index < -0.39 is 17.7 Å². The number of nitrogens with zero attached hydrogens (tertiary/aromatic N) is 2. The Kier molecular flexibility index (Phi) is 7.92. The number of benzene rings is 2. The van der Waals surface area contributed by atoms with E-state index >= 15 is 0 Å². The van der Waals surface area contributed by atoms with E-state index in [1.807, 2.05) is 75.3 Å². The summed E-state index contributed by atoms with van der Waals surface area (Å²) in [5.41, 5.74) is 3.28. The van der Waals surface area contributed by atoms with Crippen molar-refractivity contribution in [1.82, 2.24) is 9.80 Å². The second-order valence-electron chi connectivity index (χ2n) is 8.89. The second-order valence-corrected chi connectivity index (χ2v) is 8.89. The fraction of sp³-hybridized carbons (Fsp3) is 0.407. The maximum Gasteiger partial charge on any atom is 0.295 e. The first-order chi connectivity index (χ1) is 15.7. The predicted molar refractivity (Wildman–Crippen MR) is 130 cm³/mol. The molecule has 1 unspecified atom stereocenters. The molecule has 2 aromatic rings. The minimum atomic E-state index is -0.658. The lowest BCUT2D eigenvalue weighted by atomic mass is 9.93. The Hall–Kier alpha value is -3.12. The number of amides is 1. The number of aliphatic hydroxyl groups is 1. The molecule has 3 rings (SSSR count). The summed E-state index contributed by atoms with van der Waals surface area (Å²) in [4.78, 5) is 29.7. The molecule has 1 aliphatic heterocycles. The number of hydrogen-bond acceptors (Lipinski definition) is 5. The van der Waals surface area contributed by atoms with Crippen LogP contribution in [0.4, 0.5) is 0 Å². The van der Waals surface area contributed by atoms with Gasteiger partial charge in [0.05, 0.1) is 18.2 Å². The van der Waals surface area contributed by atoms with Gasteiger partial charge >= 0.3 is 0 Å². The number of ether oxygens (including phenoxy) is 1. The second kappa shape index (κ2) is 10.7. The lowest BCUT2D eigenvalue weighted by Gasteiger charge is -2.27. The zero-order valence-electron chi connectivity index (χ0n) is 20.2. The minimum Gasteiger partial charge on any atom is -0.507 e. The summed E-state index contributed by atoms with van der Waals surface area (Å²) in [6.07, 6.45) is 2.03. The highest BCUT2D eigenvalue weighted by Gasteiger charge is 2.46. The molecule has 1 saturated heterocycles. The van der Waals surface area contributed by atoms with Crippen LogP contribution in [0.3, 0.4) is 0 Å². The topological polar surface area (TPSA) is 70.1 Å². The molecule has 1 N–H and O–H groups in total. The van der Waals surface area contributed by atoms with E-state index in [-0.39, 0.29) is 11.3 Å². The SMILES string of the molecule is CCCCOc1ccc(C2C(=C(O)c3cc(C)ccc3C)C(=O)C(=O)N2CCN(C)C)cc1. The van der Waals surface area contributed by atoms with Crippen LogP contribution in [0, 0.1) is 13.8 Å². The maximum atomic E-state index is 13.1. The molecule has 1 atom stereocenters. The lowest BCUT2D eigenvalue weighted by Crippen LogP contribution is -2.35. The van der Waals surface area contributed by atoms with Gasteiger partial charge in [-0.2, -0.15) is 0 Å². The Morgan fingerprint density at radius 3 is 2.42 bits per heavy atom. The van der Waals surface area contributed by atoms with Crippen LogP contribution in [0.1, 0.15) is 48.1 Å². The van der Waals surface area contributed by atoms with Crippen molar-refractivity contribution in [3.8, 4) is 5.75 Å². The molecule has 0 spiro atoms. The van der Waals surface area contributed by atoms with Gasteiger partial charge in [-0.15, -0.1) is 0 Å². The van der Waals surface area contributed by atoms with Crippen LogP contribution in [0.25, 0.3) is 5.76 Å². The van der Waals surface area contributed by atoms with Gasteiger partial charge in [0.1, 0.15) is 11.5 Å². The molecule has 0 aliphatic carbocycles. The number of ketones is 1. The summed E-state index contributed by atoms with van der Waals surface area (Å²) in [5, 5.41) is 11.3. The Labute approximate surface area is 196 Å². The van der Waals surface area contributed by atoms with Gasteiger partial charge in [0.2, 0.25) is 0 Å². The molecule has 33 heavy (non-hydrogen) atoms. The van der Waals surface area contributed by atoms with Gasteiger partial charge in [0.25, 0.3) is 11.7 Å². The highest BCUT2D eigenvalue weighted by Crippen LogP contribution is 2.40. The van der Waals surface area contributed by atoms with Gasteiger partial charge in [0, 0.05) is 18.7 Å². The zero-order valence-corrected chi connectivity index (χ0v) is 20.2. The third-order valence-electron chi connectivity index (χ3n) is 5.94. The van der Waals surface area contributed by atoms with Crippen molar-refractivity contribution in [3.63, 3.8) is 0 Å². The normalized spacial score (nSPS) is 17.8. The highest BCUT2D eigenvalue weighted by molar-refractivity contribution is 6.46. The predicted octanol–water partition coefficient (Wildman–Crippen LogP) is 4.47. The number of carbonyl (C=O) groups is 2. The number of rotatable bonds is 9. The standard InChI is InChI=1S/C27H34N2O4/c1-6-7-16-33-21-12-10-20(11-13-21)24-23(25(30)22-17-18(2)8-9-19(22)3)26(31)27(32)29(24)15-14-28(4)5/h8-13,17,24,30H,6-7,14-16H2,1-5H3. The molecule has 6 nitrogen and oxygen atoms in total. The third-order valence-corrected chi connectivity index (χ3v) is 5.94. The molecule has 0 aromatic heterocycles. The van der Waals surface area contributed by atoms with Gasteiger partial charge in [-0.3, -0.25) is 9.59 Å². The molecular weight excluding hydrogens is 416 g/mol. The summed E-state index contributed by atoms with van der Waals surface area (Å²) >= 11 is 0. The fourth-order valence-electron chi connectivity index (χ4n) is 3.98. The molecule has 0 saturated carbocycles. The van der Waals surface area contributed by atoms with E-state index in [1.165, 1.54) is 0 Å². The largest absolute Gasteiger partial charge is 0.507 e. The number of Topliss-reactive ketones (excluding diaryl/α,β-unsaturated/α-hetero) is 1. The molecule has 1 heterocycles. The number of hydrogen-bond donors (Lipinski definition) is 1. The van der Waals surface area contributed by atoms with Crippen molar-refractivity contribution in [2.24, 2.45) is 0 Å². The van der Waals surface area contributed by atoms with Crippen LogP contribution in [0.5, 0.6) is 5.75 Å². The summed E-state index contributed by atoms with van der Waals surface area (Å²) in [7, 11) is 3.84. The van der Waals surface area contributed by atoms with E-state index in [2.05, 4.69) is 6.92 Å². The van der Waals surface area contributed by atoms with Crippen molar-refractivity contribution in [2.45, 2.75) is 39.7 Å². The van der Waals surface area contributed by atoms with Gasteiger partial charge < -0.3 is 19.6 Å². The molecule has 2 aromatic carbocycles. The van der Waals surface area contributed by atoms with E-state index in [4.69, 9.17) is 4.74 Å². The number of carbonyl (C=O) groups excluding carboxylic acids is 2. The Bertz CT molecular complexity index is 1040. The van der Waals surface area contributed by atoms with Crippen LogP contribution in [-0.4, -0.2) is 60.4 Å². The Morgan fingerprint density at radius 2 is 1.79 bits per heavy atom. The monoisotopic (exact) mass is 450 g/mol. The summed E-state index contributed by atoms with van der Waals surface area (Å²) in [5.74, 6) is -0.625. The summed E-state index contributed by atoms with van der Waals surface area (Å²) in [6, 6.07) is 12.5. The number of aryl methyl sites for hydroxylation is 2. The van der Waals surface area contributed by atoms with E-state index in [9.17, 15) is 14.7 Å². The number of likely N-dealkylation sites (tertiary alicyclic amines) is 1. The molecule has 1 amide bonds. The Morgan fingerprint density at radius 1 is 1.09 bits per heavy atom. The van der Waals surface area contributed by atoms with Gasteiger partial charge in [0.15, 0.2) is 0 Å². The smallest absolute Gasteiger partial charge is 0.295 e. The summed E-state index contributed by atoms with van der Waals surface area (Å²) < 4.78 is 5.77. The first-order valence-corrected chi connectivity index (χ1v) is 11.5.